The summed E-state index contributed by atoms with van der Waals surface area (Å²) in [5, 5.41) is 3.61. The fourth-order valence-electron chi connectivity index (χ4n) is 2.62. The van der Waals surface area contributed by atoms with Gasteiger partial charge in [0.1, 0.15) is 4.99 Å². The van der Waals surface area contributed by atoms with Crippen LogP contribution in [0, 0.1) is 5.41 Å². The molecule has 0 spiro atoms. The van der Waals surface area contributed by atoms with Crippen LogP contribution in [0.25, 0.3) is 0 Å². The SMILES string of the molecule is CC1(C)CCCCC1Nc1ccnc(C(N)=S)c1. The topological polar surface area (TPSA) is 50.9 Å². The van der Waals surface area contributed by atoms with Crippen LogP contribution in [0.2, 0.25) is 0 Å². The van der Waals surface area contributed by atoms with Crippen LogP contribution in [-0.2, 0) is 0 Å². The van der Waals surface area contributed by atoms with Crippen LogP contribution in [0.15, 0.2) is 18.3 Å². The second kappa shape index (κ2) is 5.22. The summed E-state index contributed by atoms with van der Waals surface area (Å²) in [7, 11) is 0. The lowest BCUT2D eigenvalue weighted by molar-refractivity contribution is 0.217. The second-order valence-electron chi connectivity index (χ2n) is 5.73. The van der Waals surface area contributed by atoms with Crippen LogP contribution in [-0.4, -0.2) is 16.0 Å². The van der Waals surface area contributed by atoms with Gasteiger partial charge in [-0.15, -0.1) is 0 Å². The van der Waals surface area contributed by atoms with Gasteiger partial charge in [-0.25, -0.2) is 0 Å². The van der Waals surface area contributed by atoms with Gasteiger partial charge in [0.05, 0.1) is 5.69 Å². The van der Waals surface area contributed by atoms with E-state index in [1.54, 1.807) is 6.20 Å². The van der Waals surface area contributed by atoms with Crippen molar-refractivity contribution in [3.63, 3.8) is 0 Å². The Morgan fingerprint density at radius 2 is 2.28 bits per heavy atom. The largest absolute Gasteiger partial charge is 0.388 e. The van der Waals surface area contributed by atoms with Gasteiger partial charge in [0.2, 0.25) is 0 Å². The van der Waals surface area contributed by atoms with Crippen molar-refractivity contribution in [2.75, 3.05) is 5.32 Å². The molecular formula is C14H21N3S. The molecule has 0 saturated heterocycles. The third kappa shape index (κ3) is 2.99. The molecule has 1 fully saturated rings. The summed E-state index contributed by atoms with van der Waals surface area (Å²) in [5.41, 5.74) is 7.70. The predicted octanol–water partition coefficient (Wildman–Crippen LogP) is 3.10. The highest BCUT2D eigenvalue weighted by molar-refractivity contribution is 7.80. The number of hydrogen-bond donors (Lipinski definition) is 2. The predicted molar refractivity (Wildman–Crippen MR) is 79.8 cm³/mol. The average Bonchev–Trinajstić information content (AvgIpc) is 2.32. The Kier molecular flexibility index (Phi) is 3.85. The van der Waals surface area contributed by atoms with Gasteiger partial charge in [-0.3, -0.25) is 4.98 Å². The highest BCUT2D eigenvalue weighted by Crippen LogP contribution is 2.37. The van der Waals surface area contributed by atoms with E-state index in [9.17, 15) is 0 Å². The zero-order valence-corrected chi connectivity index (χ0v) is 11.9. The molecule has 1 atom stereocenters. The summed E-state index contributed by atoms with van der Waals surface area (Å²) in [6.07, 6.45) is 6.89. The fraction of sp³-hybridized carbons (Fsp3) is 0.571. The summed E-state index contributed by atoms with van der Waals surface area (Å²) >= 11 is 4.96. The first-order valence-corrected chi connectivity index (χ1v) is 6.92. The van der Waals surface area contributed by atoms with Crippen LogP contribution in [0.1, 0.15) is 45.2 Å². The van der Waals surface area contributed by atoms with Crippen molar-refractivity contribution in [3.05, 3.63) is 24.0 Å². The van der Waals surface area contributed by atoms with Crippen LogP contribution >= 0.6 is 12.2 Å². The van der Waals surface area contributed by atoms with Crippen LogP contribution in [0.3, 0.4) is 0 Å². The van der Waals surface area contributed by atoms with E-state index in [0.717, 1.165) is 5.69 Å². The van der Waals surface area contributed by atoms with Gasteiger partial charge < -0.3 is 11.1 Å². The Morgan fingerprint density at radius 1 is 1.50 bits per heavy atom. The Bertz CT molecular complexity index is 442. The highest BCUT2D eigenvalue weighted by Gasteiger charge is 2.31. The number of aromatic nitrogens is 1. The molecule has 1 aliphatic rings. The summed E-state index contributed by atoms with van der Waals surface area (Å²) < 4.78 is 0. The van der Waals surface area contributed by atoms with E-state index < -0.39 is 0 Å². The molecule has 1 saturated carbocycles. The molecule has 1 aliphatic carbocycles. The van der Waals surface area contributed by atoms with Crippen LogP contribution in [0.5, 0.6) is 0 Å². The van der Waals surface area contributed by atoms with Gasteiger partial charge in [0.25, 0.3) is 0 Å². The Morgan fingerprint density at radius 3 is 2.94 bits per heavy atom. The van der Waals surface area contributed by atoms with E-state index in [2.05, 4.69) is 24.1 Å². The maximum absolute atomic E-state index is 5.61. The molecule has 0 aromatic carbocycles. The first-order valence-electron chi connectivity index (χ1n) is 6.51. The third-order valence-electron chi connectivity index (χ3n) is 3.86. The molecule has 1 heterocycles. The van der Waals surface area contributed by atoms with Crippen molar-refractivity contribution in [1.29, 1.82) is 0 Å². The molecule has 1 aromatic rings. The number of nitrogens with zero attached hydrogens (tertiary/aromatic N) is 1. The molecule has 2 rings (SSSR count). The highest BCUT2D eigenvalue weighted by atomic mass is 32.1. The summed E-state index contributed by atoms with van der Waals surface area (Å²) in [6.45, 7) is 4.67. The van der Waals surface area contributed by atoms with E-state index >= 15 is 0 Å². The van der Waals surface area contributed by atoms with Gasteiger partial charge in [0.15, 0.2) is 0 Å². The number of nitrogens with two attached hydrogens (primary N) is 1. The molecule has 1 unspecified atom stereocenters. The maximum Gasteiger partial charge on any atom is 0.122 e. The molecule has 3 nitrogen and oxygen atoms in total. The molecule has 3 N–H and O–H groups in total. The normalized spacial score (nSPS) is 22.4. The lowest BCUT2D eigenvalue weighted by Crippen LogP contribution is -2.38. The number of thiocarbonyl (C=S) groups is 1. The standard InChI is InChI=1S/C14H21N3S/c1-14(2)7-4-3-5-12(14)17-10-6-8-16-11(9-10)13(15)18/h6,8-9,12H,3-5,7H2,1-2H3,(H2,15,18)(H,16,17). The number of rotatable bonds is 3. The number of pyridine rings is 1. The van der Waals surface area contributed by atoms with Gasteiger partial charge in [-0.1, -0.05) is 38.9 Å². The Labute approximate surface area is 114 Å². The molecular weight excluding hydrogens is 242 g/mol. The van der Waals surface area contributed by atoms with Crippen molar-refractivity contribution < 1.29 is 0 Å². The zero-order chi connectivity index (χ0) is 13.2. The minimum Gasteiger partial charge on any atom is -0.388 e. The molecule has 1 aromatic heterocycles. The first kappa shape index (κ1) is 13.3. The van der Waals surface area contributed by atoms with E-state index in [4.69, 9.17) is 18.0 Å². The van der Waals surface area contributed by atoms with Gasteiger partial charge in [0, 0.05) is 17.9 Å². The molecule has 98 valence electrons. The van der Waals surface area contributed by atoms with Gasteiger partial charge in [-0.2, -0.15) is 0 Å². The average molecular weight is 263 g/mol. The quantitative estimate of drug-likeness (QED) is 0.823. The molecule has 0 radical (unpaired) electrons. The first-order chi connectivity index (χ1) is 8.49. The monoisotopic (exact) mass is 263 g/mol. The zero-order valence-electron chi connectivity index (χ0n) is 11.1. The fourth-order valence-corrected chi connectivity index (χ4v) is 2.73. The Hall–Kier alpha value is -1.16. The molecule has 4 heteroatoms. The van der Waals surface area contributed by atoms with Crippen molar-refractivity contribution in [2.24, 2.45) is 11.1 Å². The molecule has 18 heavy (non-hydrogen) atoms. The summed E-state index contributed by atoms with van der Waals surface area (Å²) in [4.78, 5) is 4.51. The summed E-state index contributed by atoms with van der Waals surface area (Å²) in [5.74, 6) is 0. The van der Waals surface area contributed by atoms with Gasteiger partial charge >= 0.3 is 0 Å². The van der Waals surface area contributed by atoms with Crippen LogP contribution in [0.4, 0.5) is 5.69 Å². The van der Waals surface area contributed by atoms with Gasteiger partial charge in [-0.05, 0) is 30.4 Å². The van der Waals surface area contributed by atoms with E-state index in [1.807, 2.05) is 12.1 Å². The minimum absolute atomic E-state index is 0.338. The number of anilines is 1. The Balaban J connectivity index is 2.13. The lowest BCUT2D eigenvalue weighted by atomic mass is 9.73. The maximum atomic E-state index is 5.61. The van der Waals surface area contributed by atoms with E-state index in [-0.39, 0.29) is 0 Å². The van der Waals surface area contributed by atoms with Crippen molar-refractivity contribution in [3.8, 4) is 0 Å². The second-order valence-corrected chi connectivity index (χ2v) is 6.17. The minimum atomic E-state index is 0.338. The molecule has 0 bridgehead atoms. The smallest absolute Gasteiger partial charge is 0.122 e. The van der Waals surface area contributed by atoms with Crippen LogP contribution < -0.4 is 11.1 Å². The molecule has 0 aliphatic heterocycles. The van der Waals surface area contributed by atoms with Crippen molar-refractivity contribution in [1.82, 2.24) is 4.98 Å². The van der Waals surface area contributed by atoms with E-state index in [1.165, 1.54) is 25.7 Å². The summed E-state index contributed by atoms with van der Waals surface area (Å²) in [6, 6.07) is 4.42. The lowest BCUT2D eigenvalue weighted by Gasteiger charge is -2.39. The van der Waals surface area contributed by atoms with Crippen molar-refractivity contribution >= 4 is 22.9 Å². The molecule has 0 amide bonds. The number of nitrogens with one attached hydrogen (secondary N) is 1. The third-order valence-corrected chi connectivity index (χ3v) is 4.07. The van der Waals surface area contributed by atoms with Crippen molar-refractivity contribution in [2.45, 2.75) is 45.6 Å². The number of hydrogen-bond acceptors (Lipinski definition) is 3. The van der Waals surface area contributed by atoms with E-state index in [0.29, 0.717) is 22.1 Å².